The molecule has 0 bridgehead atoms. The molecule has 1 N–H and O–H groups in total. The van der Waals surface area contributed by atoms with Crippen molar-refractivity contribution in [2.75, 3.05) is 13.1 Å². The zero-order valence-corrected chi connectivity index (χ0v) is 14.6. The van der Waals surface area contributed by atoms with Crippen LogP contribution in [0.2, 0.25) is 0 Å². The molecule has 0 atom stereocenters. The van der Waals surface area contributed by atoms with Gasteiger partial charge in [-0.25, -0.2) is 0 Å². The van der Waals surface area contributed by atoms with Gasteiger partial charge < -0.3 is 9.73 Å². The average molecular weight is 292 g/mol. The van der Waals surface area contributed by atoms with E-state index in [-0.39, 0.29) is 5.54 Å². The lowest BCUT2D eigenvalue weighted by Gasteiger charge is -2.34. The molecular formula is C18H32N2O. The van der Waals surface area contributed by atoms with Gasteiger partial charge in [0.25, 0.3) is 0 Å². The van der Waals surface area contributed by atoms with Crippen molar-refractivity contribution in [1.82, 2.24) is 10.2 Å². The maximum atomic E-state index is 5.87. The van der Waals surface area contributed by atoms with Crippen molar-refractivity contribution < 1.29 is 4.42 Å². The van der Waals surface area contributed by atoms with Crippen LogP contribution in [0.5, 0.6) is 0 Å². The van der Waals surface area contributed by atoms with Crippen LogP contribution in [0.15, 0.2) is 23.1 Å². The van der Waals surface area contributed by atoms with Crippen molar-refractivity contribution in [3.8, 4) is 0 Å². The van der Waals surface area contributed by atoms with Gasteiger partial charge in [0.1, 0.15) is 11.5 Å². The number of nitrogens with zero attached hydrogens (tertiary/aromatic N) is 1. The second kappa shape index (κ2) is 7.81. The van der Waals surface area contributed by atoms with Crippen molar-refractivity contribution in [1.29, 1.82) is 0 Å². The van der Waals surface area contributed by atoms with Crippen LogP contribution in [-0.2, 0) is 13.1 Å². The van der Waals surface area contributed by atoms with Gasteiger partial charge in [-0.1, -0.05) is 19.9 Å². The maximum absolute atomic E-state index is 5.87. The van der Waals surface area contributed by atoms with E-state index in [1.165, 1.54) is 5.56 Å². The Balaban J connectivity index is 2.70. The summed E-state index contributed by atoms with van der Waals surface area (Å²) in [7, 11) is 0. The number of aryl methyl sites for hydroxylation is 1. The number of hydrogen-bond donors (Lipinski definition) is 1. The predicted molar refractivity (Wildman–Crippen MR) is 90.3 cm³/mol. The Kier molecular flexibility index (Phi) is 6.69. The largest absolute Gasteiger partial charge is 0.465 e. The first-order valence-corrected chi connectivity index (χ1v) is 7.89. The monoisotopic (exact) mass is 292 g/mol. The summed E-state index contributed by atoms with van der Waals surface area (Å²) in [6.45, 7) is 20.6. The first-order valence-electron chi connectivity index (χ1n) is 7.89. The maximum Gasteiger partial charge on any atom is 0.118 e. The highest BCUT2D eigenvalue weighted by atomic mass is 16.3. The molecule has 120 valence electrons. The lowest BCUT2D eigenvalue weighted by molar-refractivity contribution is 0.144. The first-order chi connectivity index (χ1) is 9.74. The van der Waals surface area contributed by atoms with E-state index in [1.54, 1.807) is 0 Å². The van der Waals surface area contributed by atoms with Crippen molar-refractivity contribution in [3.63, 3.8) is 0 Å². The van der Waals surface area contributed by atoms with Crippen LogP contribution in [0.1, 0.15) is 51.7 Å². The number of nitrogens with one attached hydrogen (secondary N) is 1. The smallest absolute Gasteiger partial charge is 0.118 e. The lowest BCUT2D eigenvalue weighted by Crippen LogP contribution is -2.40. The summed E-state index contributed by atoms with van der Waals surface area (Å²) >= 11 is 0. The summed E-state index contributed by atoms with van der Waals surface area (Å²) in [6.07, 6.45) is 1.96. The topological polar surface area (TPSA) is 28.4 Å². The molecule has 1 rings (SSSR count). The molecule has 3 heteroatoms. The third-order valence-electron chi connectivity index (χ3n) is 3.58. The Morgan fingerprint density at radius 2 is 2.05 bits per heavy atom. The van der Waals surface area contributed by atoms with Gasteiger partial charge in [-0.05, 0) is 46.2 Å². The Morgan fingerprint density at radius 3 is 2.57 bits per heavy atom. The highest BCUT2D eigenvalue weighted by Gasteiger charge is 2.22. The molecule has 0 fully saturated rings. The molecular weight excluding hydrogens is 260 g/mol. The summed E-state index contributed by atoms with van der Waals surface area (Å²) < 4.78 is 5.87. The van der Waals surface area contributed by atoms with Gasteiger partial charge in [0.2, 0.25) is 0 Å². The van der Waals surface area contributed by atoms with Crippen molar-refractivity contribution in [2.24, 2.45) is 5.92 Å². The zero-order chi connectivity index (χ0) is 16.0. The average Bonchev–Trinajstić information content (AvgIpc) is 2.68. The van der Waals surface area contributed by atoms with Crippen LogP contribution < -0.4 is 5.32 Å². The standard InChI is InChI=1S/C18H32N2O/c1-8-9-20(18(5,6)7)13-16-10-17(21-15(16)4)12-19-11-14(2)3/h8,10,14,19H,1,9,11-13H2,2-7H3. The van der Waals surface area contributed by atoms with Crippen molar-refractivity contribution in [2.45, 2.75) is 60.2 Å². The van der Waals surface area contributed by atoms with Crippen LogP contribution >= 0.6 is 0 Å². The molecule has 0 unspecified atom stereocenters. The summed E-state index contributed by atoms with van der Waals surface area (Å²) in [5, 5.41) is 3.43. The fraction of sp³-hybridized carbons (Fsp3) is 0.667. The van der Waals surface area contributed by atoms with E-state index in [0.29, 0.717) is 5.92 Å². The third-order valence-corrected chi connectivity index (χ3v) is 3.58. The molecule has 0 spiro atoms. The van der Waals surface area contributed by atoms with Crippen LogP contribution in [-0.4, -0.2) is 23.5 Å². The van der Waals surface area contributed by atoms with E-state index in [1.807, 2.05) is 6.08 Å². The highest BCUT2D eigenvalue weighted by Crippen LogP contribution is 2.21. The van der Waals surface area contributed by atoms with Crippen LogP contribution in [0.3, 0.4) is 0 Å². The van der Waals surface area contributed by atoms with Crippen molar-refractivity contribution in [3.05, 3.63) is 35.8 Å². The Hall–Kier alpha value is -1.06. The molecule has 21 heavy (non-hydrogen) atoms. The van der Waals surface area contributed by atoms with Crippen LogP contribution in [0.4, 0.5) is 0 Å². The SMILES string of the molecule is C=CCN(Cc1cc(CNCC(C)C)oc1C)C(C)(C)C. The normalized spacial score (nSPS) is 12.4. The van der Waals surface area contributed by atoms with Gasteiger partial charge in [-0.3, -0.25) is 4.90 Å². The Bertz CT molecular complexity index is 441. The molecule has 3 nitrogen and oxygen atoms in total. The molecule has 0 amide bonds. The van der Waals surface area contributed by atoms with E-state index in [9.17, 15) is 0 Å². The molecule has 0 aromatic carbocycles. The molecule has 1 aromatic rings. The summed E-state index contributed by atoms with van der Waals surface area (Å²) in [6, 6.07) is 2.19. The minimum atomic E-state index is 0.119. The Morgan fingerprint density at radius 1 is 1.38 bits per heavy atom. The second-order valence-electron chi connectivity index (χ2n) is 7.16. The first kappa shape index (κ1) is 18.0. The van der Waals surface area contributed by atoms with Gasteiger partial charge in [-0.15, -0.1) is 6.58 Å². The predicted octanol–water partition coefficient (Wildman–Crippen LogP) is 4.12. The number of rotatable bonds is 8. The highest BCUT2D eigenvalue weighted by molar-refractivity contribution is 5.21. The minimum Gasteiger partial charge on any atom is -0.465 e. The van der Waals surface area contributed by atoms with E-state index in [4.69, 9.17) is 4.42 Å². The number of furan rings is 1. The molecule has 0 aliphatic rings. The number of hydrogen-bond acceptors (Lipinski definition) is 3. The fourth-order valence-electron chi connectivity index (χ4n) is 2.25. The molecule has 0 radical (unpaired) electrons. The van der Waals surface area contributed by atoms with E-state index < -0.39 is 0 Å². The summed E-state index contributed by atoms with van der Waals surface area (Å²) in [5.74, 6) is 2.70. The van der Waals surface area contributed by atoms with E-state index >= 15 is 0 Å². The summed E-state index contributed by atoms with van der Waals surface area (Å²) in [5.41, 5.74) is 1.39. The molecule has 0 aliphatic carbocycles. The molecule has 0 saturated carbocycles. The van der Waals surface area contributed by atoms with Gasteiger partial charge >= 0.3 is 0 Å². The lowest BCUT2D eigenvalue weighted by atomic mass is 10.0. The second-order valence-corrected chi connectivity index (χ2v) is 7.16. The van der Waals surface area contributed by atoms with Crippen LogP contribution in [0, 0.1) is 12.8 Å². The van der Waals surface area contributed by atoms with Gasteiger partial charge in [0.05, 0.1) is 6.54 Å². The summed E-state index contributed by atoms with van der Waals surface area (Å²) in [4.78, 5) is 2.41. The minimum absolute atomic E-state index is 0.119. The van der Waals surface area contributed by atoms with E-state index in [0.717, 1.165) is 37.7 Å². The van der Waals surface area contributed by atoms with Crippen LogP contribution in [0.25, 0.3) is 0 Å². The molecule has 0 aliphatic heterocycles. The zero-order valence-electron chi connectivity index (χ0n) is 14.6. The Labute approximate surface area is 130 Å². The van der Waals surface area contributed by atoms with E-state index in [2.05, 4.69) is 64.4 Å². The molecule has 1 heterocycles. The van der Waals surface area contributed by atoms with Gasteiger partial charge in [-0.2, -0.15) is 0 Å². The third kappa shape index (κ3) is 6.06. The molecule has 0 saturated heterocycles. The fourth-order valence-corrected chi connectivity index (χ4v) is 2.25. The van der Waals surface area contributed by atoms with Gasteiger partial charge in [0.15, 0.2) is 0 Å². The van der Waals surface area contributed by atoms with Crippen molar-refractivity contribution >= 4 is 0 Å². The quantitative estimate of drug-likeness (QED) is 0.731. The molecule has 1 aromatic heterocycles. The van der Waals surface area contributed by atoms with Gasteiger partial charge in [0, 0.05) is 24.2 Å².